The van der Waals surface area contributed by atoms with Crippen molar-refractivity contribution in [1.29, 1.82) is 0 Å². The summed E-state index contributed by atoms with van der Waals surface area (Å²) in [4.78, 5) is 0. The van der Waals surface area contributed by atoms with Crippen molar-refractivity contribution >= 4 is 23.3 Å². The fraction of sp³-hybridized carbons (Fsp3) is 0.467. The van der Waals surface area contributed by atoms with E-state index >= 15 is 0 Å². The molecule has 1 unspecified atom stereocenters. The van der Waals surface area contributed by atoms with Gasteiger partial charge in [0.05, 0.1) is 7.11 Å². The fourth-order valence-electron chi connectivity index (χ4n) is 3.62. The molecular formula is C15H19ClN2O. The van der Waals surface area contributed by atoms with E-state index in [-0.39, 0.29) is 12.4 Å². The fourth-order valence-corrected chi connectivity index (χ4v) is 3.62. The highest BCUT2D eigenvalue weighted by Gasteiger charge is 2.29. The van der Waals surface area contributed by atoms with E-state index < -0.39 is 0 Å². The SMILES string of the molecule is COc1ccc2c(c1)c1c3n2CCNC3CCC1.Cl. The molecule has 1 aromatic heterocycles. The van der Waals surface area contributed by atoms with Gasteiger partial charge in [-0.15, -0.1) is 12.4 Å². The quantitative estimate of drug-likeness (QED) is 0.868. The number of benzene rings is 1. The van der Waals surface area contributed by atoms with Gasteiger partial charge in [-0.3, -0.25) is 0 Å². The van der Waals surface area contributed by atoms with Crippen molar-refractivity contribution < 1.29 is 4.74 Å². The Bertz CT molecular complexity index is 618. The number of aromatic nitrogens is 1. The van der Waals surface area contributed by atoms with Gasteiger partial charge >= 0.3 is 0 Å². The molecular weight excluding hydrogens is 260 g/mol. The molecule has 1 aliphatic carbocycles. The van der Waals surface area contributed by atoms with Crippen LogP contribution in [-0.2, 0) is 13.0 Å². The Hall–Kier alpha value is -1.19. The van der Waals surface area contributed by atoms with Gasteiger partial charge in [-0.25, -0.2) is 0 Å². The van der Waals surface area contributed by atoms with Crippen LogP contribution >= 0.6 is 12.4 Å². The molecule has 4 rings (SSSR count). The highest BCUT2D eigenvalue weighted by atomic mass is 35.5. The molecule has 1 atom stereocenters. The molecule has 0 radical (unpaired) electrons. The molecule has 0 saturated carbocycles. The lowest BCUT2D eigenvalue weighted by Crippen LogP contribution is -2.35. The van der Waals surface area contributed by atoms with E-state index in [1.165, 1.54) is 35.9 Å². The Morgan fingerprint density at radius 3 is 3.11 bits per heavy atom. The van der Waals surface area contributed by atoms with Crippen molar-refractivity contribution in [3.05, 3.63) is 29.5 Å². The summed E-state index contributed by atoms with van der Waals surface area (Å²) in [6, 6.07) is 7.07. The van der Waals surface area contributed by atoms with Crippen molar-refractivity contribution in [2.75, 3.05) is 13.7 Å². The summed E-state index contributed by atoms with van der Waals surface area (Å²) in [6.07, 6.45) is 3.78. The van der Waals surface area contributed by atoms with E-state index in [0.29, 0.717) is 6.04 Å². The minimum atomic E-state index is 0. The van der Waals surface area contributed by atoms with E-state index in [1.807, 2.05) is 0 Å². The molecule has 0 saturated heterocycles. The van der Waals surface area contributed by atoms with Crippen LogP contribution in [0.1, 0.15) is 30.1 Å². The molecule has 1 aromatic carbocycles. The zero-order valence-electron chi connectivity index (χ0n) is 11.1. The first kappa shape index (κ1) is 12.8. The van der Waals surface area contributed by atoms with Crippen molar-refractivity contribution in [3.8, 4) is 5.75 Å². The third-order valence-electron chi connectivity index (χ3n) is 4.40. The van der Waals surface area contributed by atoms with Crippen molar-refractivity contribution in [3.63, 3.8) is 0 Å². The molecule has 19 heavy (non-hydrogen) atoms. The van der Waals surface area contributed by atoms with Crippen molar-refractivity contribution in [1.82, 2.24) is 9.88 Å². The third kappa shape index (κ3) is 1.76. The minimum absolute atomic E-state index is 0. The molecule has 102 valence electrons. The topological polar surface area (TPSA) is 26.2 Å². The predicted molar refractivity (Wildman–Crippen MR) is 79.4 cm³/mol. The first-order valence-corrected chi connectivity index (χ1v) is 6.81. The van der Waals surface area contributed by atoms with Gasteiger partial charge in [-0.1, -0.05) is 0 Å². The number of fused-ring (bicyclic) bond motifs is 3. The molecule has 3 nitrogen and oxygen atoms in total. The summed E-state index contributed by atoms with van der Waals surface area (Å²) >= 11 is 0. The second kappa shape index (κ2) is 4.73. The van der Waals surface area contributed by atoms with Gasteiger partial charge in [0.2, 0.25) is 0 Å². The number of halogens is 1. The summed E-state index contributed by atoms with van der Waals surface area (Å²) < 4.78 is 7.89. The number of ether oxygens (including phenoxy) is 1. The van der Waals surface area contributed by atoms with Gasteiger partial charge in [0, 0.05) is 35.7 Å². The van der Waals surface area contributed by atoms with Crippen LogP contribution in [0.5, 0.6) is 5.75 Å². The molecule has 0 amide bonds. The van der Waals surface area contributed by atoms with Gasteiger partial charge < -0.3 is 14.6 Å². The van der Waals surface area contributed by atoms with Crippen LogP contribution in [0.15, 0.2) is 18.2 Å². The number of nitrogens with zero attached hydrogens (tertiary/aromatic N) is 1. The lowest BCUT2D eigenvalue weighted by molar-refractivity contribution is 0.384. The molecule has 4 heteroatoms. The summed E-state index contributed by atoms with van der Waals surface area (Å²) in [5.41, 5.74) is 4.47. The third-order valence-corrected chi connectivity index (χ3v) is 4.40. The highest BCUT2D eigenvalue weighted by molar-refractivity contribution is 5.87. The highest BCUT2D eigenvalue weighted by Crippen LogP contribution is 2.39. The zero-order valence-corrected chi connectivity index (χ0v) is 11.9. The van der Waals surface area contributed by atoms with Crippen molar-refractivity contribution in [2.45, 2.75) is 31.8 Å². The Balaban J connectivity index is 0.00000110. The smallest absolute Gasteiger partial charge is 0.119 e. The maximum atomic E-state index is 5.37. The largest absolute Gasteiger partial charge is 0.497 e. The van der Waals surface area contributed by atoms with Crippen LogP contribution in [0.3, 0.4) is 0 Å². The van der Waals surface area contributed by atoms with Crippen molar-refractivity contribution in [2.24, 2.45) is 0 Å². The van der Waals surface area contributed by atoms with Crippen LogP contribution in [0.25, 0.3) is 10.9 Å². The van der Waals surface area contributed by atoms with E-state index in [9.17, 15) is 0 Å². The Labute approximate surface area is 119 Å². The van der Waals surface area contributed by atoms with Crippen LogP contribution in [-0.4, -0.2) is 18.2 Å². The second-order valence-electron chi connectivity index (χ2n) is 5.30. The lowest BCUT2D eigenvalue weighted by atomic mass is 9.91. The normalized spacial score (nSPS) is 20.8. The van der Waals surface area contributed by atoms with E-state index in [1.54, 1.807) is 12.7 Å². The average Bonchev–Trinajstić information content (AvgIpc) is 2.76. The predicted octanol–water partition coefficient (Wildman–Crippen LogP) is 3.05. The van der Waals surface area contributed by atoms with Crippen LogP contribution < -0.4 is 10.1 Å². The Morgan fingerprint density at radius 1 is 1.37 bits per heavy atom. The number of hydrogen-bond donors (Lipinski definition) is 1. The molecule has 1 aliphatic heterocycles. The number of aryl methyl sites for hydroxylation is 1. The van der Waals surface area contributed by atoms with Crippen LogP contribution in [0.2, 0.25) is 0 Å². The molecule has 2 aliphatic rings. The monoisotopic (exact) mass is 278 g/mol. The lowest BCUT2D eigenvalue weighted by Gasteiger charge is -2.31. The van der Waals surface area contributed by atoms with E-state index in [4.69, 9.17) is 4.74 Å². The number of nitrogens with one attached hydrogen (secondary N) is 1. The average molecular weight is 279 g/mol. The Kier molecular flexibility index (Phi) is 3.19. The maximum absolute atomic E-state index is 5.37. The zero-order chi connectivity index (χ0) is 12.1. The number of methoxy groups -OCH3 is 1. The second-order valence-corrected chi connectivity index (χ2v) is 5.30. The molecule has 2 aromatic rings. The summed E-state index contributed by atoms with van der Waals surface area (Å²) in [5, 5.41) is 5.06. The molecule has 0 fully saturated rings. The molecule has 1 N–H and O–H groups in total. The van der Waals surface area contributed by atoms with Crippen LogP contribution in [0, 0.1) is 0 Å². The molecule has 0 spiro atoms. The first-order valence-electron chi connectivity index (χ1n) is 6.81. The van der Waals surface area contributed by atoms with Gasteiger partial charge in [0.25, 0.3) is 0 Å². The number of rotatable bonds is 1. The summed E-state index contributed by atoms with van der Waals surface area (Å²) in [6.45, 7) is 2.18. The maximum Gasteiger partial charge on any atom is 0.119 e. The number of hydrogen-bond acceptors (Lipinski definition) is 2. The molecule has 0 bridgehead atoms. The van der Waals surface area contributed by atoms with Gasteiger partial charge in [-0.05, 0) is 43.0 Å². The standard InChI is InChI=1S/C15H18N2O.ClH/c1-18-10-5-6-14-12(9-10)11-3-2-4-13-15(11)17(14)8-7-16-13;/h5-6,9,13,16H,2-4,7-8H2,1H3;1H. The first-order chi connectivity index (χ1) is 8.88. The Morgan fingerprint density at radius 2 is 2.26 bits per heavy atom. The molecule has 2 heterocycles. The van der Waals surface area contributed by atoms with E-state index in [2.05, 4.69) is 28.1 Å². The van der Waals surface area contributed by atoms with E-state index in [0.717, 1.165) is 18.8 Å². The van der Waals surface area contributed by atoms with Gasteiger partial charge in [-0.2, -0.15) is 0 Å². The summed E-state index contributed by atoms with van der Waals surface area (Å²) in [7, 11) is 1.74. The minimum Gasteiger partial charge on any atom is -0.497 e. The van der Waals surface area contributed by atoms with Crippen LogP contribution in [0.4, 0.5) is 0 Å². The summed E-state index contributed by atoms with van der Waals surface area (Å²) in [5.74, 6) is 0.969. The van der Waals surface area contributed by atoms with Gasteiger partial charge in [0.15, 0.2) is 0 Å². The van der Waals surface area contributed by atoms with Gasteiger partial charge in [0.1, 0.15) is 5.75 Å².